The van der Waals surface area contributed by atoms with Gasteiger partial charge in [0.2, 0.25) is 0 Å². The van der Waals surface area contributed by atoms with E-state index in [0.29, 0.717) is 5.69 Å². The normalized spacial score (nSPS) is 16.1. The monoisotopic (exact) mass is 524 g/mol. The number of esters is 2. The second-order valence-corrected chi connectivity index (χ2v) is 10.7. The number of benzene rings is 3. The molecule has 2 aliphatic heterocycles. The van der Waals surface area contributed by atoms with Gasteiger partial charge in [0, 0.05) is 22.3 Å². The van der Waals surface area contributed by atoms with Crippen molar-refractivity contribution in [2.75, 3.05) is 19.1 Å². The number of thioether (sulfide) groups is 1. The lowest BCUT2D eigenvalue weighted by Gasteiger charge is -2.30. The number of allylic oxidation sites excluding steroid dienone is 2. The average molecular weight is 525 g/mol. The van der Waals surface area contributed by atoms with Gasteiger partial charge in [0.25, 0.3) is 0 Å². The highest BCUT2D eigenvalue weighted by Gasteiger charge is 2.29. The predicted molar refractivity (Wildman–Crippen MR) is 152 cm³/mol. The number of anilines is 1. The van der Waals surface area contributed by atoms with E-state index in [2.05, 4.69) is 50.2 Å². The van der Waals surface area contributed by atoms with E-state index >= 15 is 0 Å². The number of methoxy groups -OCH3 is 2. The molecule has 0 unspecified atom stereocenters. The number of ether oxygens (including phenoxy) is 2. The molecule has 0 amide bonds. The van der Waals surface area contributed by atoms with Gasteiger partial charge in [0.15, 0.2) is 0 Å². The Morgan fingerprint density at radius 2 is 1.66 bits per heavy atom. The molecule has 0 fully saturated rings. The standard InChI is InChI=1S/C31H28N2O4S/c1-31(2)19-26-23-10-6-5-9-20(23)12-17-24(26)28(32-31)38-22-15-13-21(14-16-22)33-18-8-7-11-25(29(34)36-3)27(33)30(35)37-4/h5-18H,19H2,1-4H3. The van der Waals surface area contributed by atoms with Crippen molar-refractivity contribution in [1.29, 1.82) is 0 Å². The number of hydrogen-bond donors (Lipinski definition) is 0. The maximum atomic E-state index is 12.7. The molecule has 5 rings (SSSR count). The molecule has 192 valence electrons. The van der Waals surface area contributed by atoms with E-state index in [9.17, 15) is 9.59 Å². The van der Waals surface area contributed by atoms with Crippen LogP contribution in [0.25, 0.3) is 10.8 Å². The minimum absolute atomic E-state index is 0.0870. The summed E-state index contributed by atoms with van der Waals surface area (Å²) in [5, 5.41) is 3.49. The van der Waals surface area contributed by atoms with Crippen LogP contribution in [0.5, 0.6) is 0 Å². The molecule has 0 saturated carbocycles. The Morgan fingerprint density at radius 3 is 2.39 bits per heavy atom. The van der Waals surface area contributed by atoms with Gasteiger partial charge in [0.05, 0.1) is 25.3 Å². The zero-order valence-corrected chi connectivity index (χ0v) is 22.5. The van der Waals surface area contributed by atoms with Crippen LogP contribution < -0.4 is 4.90 Å². The molecular weight excluding hydrogens is 496 g/mol. The minimum Gasteiger partial charge on any atom is -0.465 e. The lowest BCUT2D eigenvalue weighted by atomic mass is 9.86. The zero-order chi connectivity index (χ0) is 26.9. The van der Waals surface area contributed by atoms with Gasteiger partial charge in [-0.25, -0.2) is 9.59 Å². The largest absolute Gasteiger partial charge is 0.465 e. The van der Waals surface area contributed by atoms with Crippen LogP contribution >= 0.6 is 11.8 Å². The van der Waals surface area contributed by atoms with E-state index < -0.39 is 11.9 Å². The number of rotatable bonds is 4. The number of aliphatic imine (C=N–C) groups is 1. The van der Waals surface area contributed by atoms with Crippen molar-refractivity contribution in [2.24, 2.45) is 4.99 Å². The van der Waals surface area contributed by atoms with E-state index in [1.165, 1.54) is 30.6 Å². The molecule has 0 spiro atoms. The van der Waals surface area contributed by atoms with Gasteiger partial charge < -0.3 is 14.4 Å². The van der Waals surface area contributed by atoms with Gasteiger partial charge >= 0.3 is 11.9 Å². The molecule has 7 heteroatoms. The summed E-state index contributed by atoms with van der Waals surface area (Å²) in [7, 11) is 2.57. The second-order valence-electron chi connectivity index (χ2n) is 9.63. The third-order valence-electron chi connectivity index (χ3n) is 6.50. The first-order chi connectivity index (χ1) is 18.3. The van der Waals surface area contributed by atoms with Crippen LogP contribution in [-0.2, 0) is 25.5 Å². The molecule has 0 aliphatic carbocycles. The van der Waals surface area contributed by atoms with Gasteiger partial charge in [0.1, 0.15) is 10.7 Å². The quantitative estimate of drug-likeness (QED) is 0.379. The van der Waals surface area contributed by atoms with Crippen LogP contribution in [0.4, 0.5) is 5.69 Å². The Kier molecular flexibility index (Phi) is 6.95. The van der Waals surface area contributed by atoms with Crippen LogP contribution in [0.3, 0.4) is 0 Å². The third-order valence-corrected chi connectivity index (χ3v) is 7.52. The van der Waals surface area contributed by atoms with Gasteiger partial charge in [-0.3, -0.25) is 4.99 Å². The van der Waals surface area contributed by atoms with Crippen LogP contribution in [0.15, 0.2) is 106 Å². The highest BCUT2D eigenvalue weighted by atomic mass is 32.2. The molecular formula is C31H28N2O4S. The smallest absolute Gasteiger partial charge is 0.355 e. The highest BCUT2D eigenvalue weighted by molar-refractivity contribution is 8.14. The molecule has 2 heterocycles. The fourth-order valence-electron chi connectivity index (χ4n) is 4.76. The summed E-state index contributed by atoms with van der Waals surface area (Å²) in [6, 6.07) is 20.6. The molecule has 0 N–H and O–H groups in total. The van der Waals surface area contributed by atoms with Crippen molar-refractivity contribution in [3.05, 3.63) is 107 Å². The fraction of sp³-hybridized carbons (Fsp3) is 0.194. The second kappa shape index (κ2) is 10.3. The van der Waals surface area contributed by atoms with Gasteiger partial charge in [-0.15, -0.1) is 0 Å². The Labute approximate surface area is 226 Å². The lowest BCUT2D eigenvalue weighted by molar-refractivity contribution is -0.139. The van der Waals surface area contributed by atoms with Crippen molar-refractivity contribution in [3.8, 4) is 0 Å². The highest BCUT2D eigenvalue weighted by Crippen LogP contribution is 2.38. The van der Waals surface area contributed by atoms with E-state index in [1.54, 1.807) is 41.1 Å². The number of fused-ring (bicyclic) bond motifs is 3. The van der Waals surface area contributed by atoms with E-state index in [-0.39, 0.29) is 16.8 Å². The first-order valence-electron chi connectivity index (χ1n) is 12.2. The van der Waals surface area contributed by atoms with E-state index in [4.69, 9.17) is 14.5 Å². The summed E-state index contributed by atoms with van der Waals surface area (Å²) < 4.78 is 9.90. The Hall–Kier alpha value is -4.10. The van der Waals surface area contributed by atoms with Crippen molar-refractivity contribution in [3.63, 3.8) is 0 Å². The summed E-state index contributed by atoms with van der Waals surface area (Å²) in [6.45, 7) is 4.33. The number of hydrogen-bond acceptors (Lipinski definition) is 7. The maximum absolute atomic E-state index is 12.7. The molecule has 0 atom stereocenters. The molecule has 3 aromatic rings. The zero-order valence-electron chi connectivity index (χ0n) is 21.7. The number of carbonyl (C=O) groups is 2. The van der Waals surface area contributed by atoms with Crippen molar-refractivity contribution in [1.82, 2.24) is 0 Å². The molecule has 6 nitrogen and oxygen atoms in total. The first kappa shape index (κ1) is 25.5. The van der Waals surface area contributed by atoms with E-state index in [1.807, 2.05) is 24.3 Å². The van der Waals surface area contributed by atoms with Gasteiger partial charge in [-0.05, 0) is 73.0 Å². The first-order valence-corrected chi connectivity index (χ1v) is 13.1. The molecule has 0 radical (unpaired) electrons. The van der Waals surface area contributed by atoms with Crippen LogP contribution in [-0.4, -0.2) is 36.7 Å². The van der Waals surface area contributed by atoms with Crippen molar-refractivity contribution >= 4 is 45.2 Å². The molecule has 0 bridgehead atoms. The average Bonchev–Trinajstić information content (AvgIpc) is 3.15. The fourth-order valence-corrected chi connectivity index (χ4v) is 5.85. The Bertz CT molecular complexity index is 1550. The molecule has 0 saturated heterocycles. The number of carbonyl (C=O) groups excluding carboxylic acids is 2. The molecule has 3 aromatic carbocycles. The molecule has 0 aromatic heterocycles. The summed E-state index contributed by atoms with van der Waals surface area (Å²) in [5.41, 5.74) is 3.18. The van der Waals surface area contributed by atoms with Crippen LogP contribution in [0.2, 0.25) is 0 Å². The summed E-state index contributed by atoms with van der Waals surface area (Å²) in [5.74, 6) is -1.26. The molecule has 38 heavy (non-hydrogen) atoms. The Morgan fingerprint density at radius 1 is 0.921 bits per heavy atom. The van der Waals surface area contributed by atoms with Crippen LogP contribution in [0.1, 0.15) is 25.0 Å². The van der Waals surface area contributed by atoms with Gasteiger partial charge in [-0.1, -0.05) is 54.2 Å². The topological polar surface area (TPSA) is 68.2 Å². The Balaban J connectivity index is 1.49. The third kappa shape index (κ3) is 4.89. The molecule has 2 aliphatic rings. The predicted octanol–water partition coefficient (Wildman–Crippen LogP) is 6.20. The summed E-state index contributed by atoms with van der Waals surface area (Å²) >= 11 is 1.62. The van der Waals surface area contributed by atoms with E-state index in [0.717, 1.165) is 21.9 Å². The van der Waals surface area contributed by atoms with Gasteiger partial charge in [-0.2, -0.15) is 0 Å². The van der Waals surface area contributed by atoms with Crippen molar-refractivity contribution < 1.29 is 19.1 Å². The van der Waals surface area contributed by atoms with Crippen molar-refractivity contribution in [2.45, 2.75) is 30.7 Å². The maximum Gasteiger partial charge on any atom is 0.355 e. The van der Waals surface area contributed by atoms with Crippen LogP contribution in [0, 0.1) is 0 Å². The SMILES string of the molecule is COC(=O)C1=C(C(=O)OC)N(c2ccc(SC3=NC(C)(C)Cc4c3ccc3ccccc43)cc2)C=CC=C1. The summed E-state index contributed by atoms with van der Waals surface area (Å²) in [6.07, 6.45) is 7.58. The minimum atomic E-state index is -0.636. The summed E-state index contributed by atoms with van der Waals surface area (Å²) in [4.78, 5) is 32.9. The number of nitrogens with zero attached hydrogens (tertiary/aromatic N) is 2. The lowest BCUT2D eigenvalue weighted by Crippen LogP contribution is -2.28.